The van der Waals surface area contributed by atoms with Crippen molar-refractivity contribution < 1.29 is 19.7 Å². The van der Waals surface area contributed by atoms with Gasteiger partial charge in [0.25, 0.3) is 0 Å². The number of ether oxygens (including phenoxy) is 1. The van der Waals surface area contributed by atoms with Gasteiger partial charge >= 0.3 is 6.09 Å². The van der Waals surface area contributed by atoms with Gasteiger partial charge in [0.2, 0.25) is 0 Å². The summed E-state index contributed by atoms with van der Waals surface area (Å²) < 4.78 is 5.27. The summed E-state index contributed by atoms with van der Waals surface area (Å²) in [6.45, 7) is 0.775. The van der Waals surface area contributed by atoms with E-state index in [0.717, 1.165) is 35.3 Å². The molecule has 0 radical (unpaired) electrons. The minimum absolute atomic E-state index is 0.0615. The number of aromatic nitrogens is 1. The maximum absolute atomic E-state index is 12.1. The molecule has 1 aromatic carbocycles. The van der Waals surface area contributed by atoms with Crippen LogP contribution in [0.1, 0.15) is 24.8 Å². The van der Waals surface area contributed by atoms with Crippen LogP contribution in [0, 0.1) is 5.92 Å². The molecule has 29 heavy (non-hydrogen) atoms. The molecule has 2 heterocycles. The van der Waals surface area contributed by atoms with Crippen molar-refractivity contribution in [1.29, 1.82) is 0 Å². The first-order chi connectivity index (χ1) is 14.1. The molecule has 2 aliphatic rings. The Balaban J connectivity index is 1.27. The SMILES string of the molecule is O=C(N[C@@H]1[C@@H](O)CN[C@@H]1Cc1ccc(-c2cncs2)cc1)OCCC1CC(O)C1. The highest BCUT2D eigenvalue weighted by Crippen LogP contribution is 2.30. The first-order valence-electron chi connectivity index (χ1n) is 10.1. The van der Waals surface area contributed by atoms with Gasteiger partial charge in [-0.2, -0.15) is 0 Å². The van der Waals surface area contributed by atoms with Gasteiger partial charge in [-0.15, -0.1) is 11.3 Å². The lowest BCUT2D eigenvalue weighted by molar-refractivity contribution is 0.0283. The topological polar surface area (TPSA) is 104 Å². The molecule has 3 atom stereocenters. The van der Waals surface area contributed by atoms with Crippen LogP contribution < -0.4 is 10.6 Å². The van der Waals surface area contributed by atoms with Gasteiger partial charge in [0, 0.05) is 18.8 Å². The first-order valence-corrected chi connectivity index (χ1v) is 11.0. The summed E-state index contributed by atoms with van der Waals surface area (Å²) in [5, 5.41) is 25.7. The van der Waals surface area contributed by atoms with Gasteiger partial charge in [-0.1, -0.05) is 24.3 Å². The third-order valence-corrected chi connectivity index (χ3v) is 6.64. The second-order valence-corrected chi connectivity index (χ2v) is 8.82. The number of hydrogen-bond acceptors (Lipinski definition) is 7. The number of β-amino-alcohol motifs (C(OH)–C–C–N with tert-alkyl or cyclic N) is 1. The molecule has 7 nitrogen and oxygen atoms in total. The van der Waals surface area contributed by atoms with Crippen molar-refractivity contribution in [3.63, 3.8) is 0 Å². The number of amides is 1. The molecule has 2 aromatic rings. The molecule has 2 fully saturated rings. The molecule has 8 heteroatoms. The van der Waals surface area contributed by atoms with E-state index in [0.29, 0.717) is 25.5 Å². The third-order valence-electron chi connectivity index (χ3n) is 5.82. The van der Waals surface area contributed by atoms with Crippen molar-refractivity contribution in [2.24, 2.45) is 5.92 Å². The van der Waals surface area contributed by atoms with E-state index >= 15 is 0 Å². The Morgan fingerprint density at radius 3 is 2.76 bits per heavy atom. The van der Waals surface area contributed by atoms with Gasteiger partial charge in [0.15, 0.2) is 0 Å². The van der Waals surface area contributed by atoms with Crippen molar-refractivity contribution >= 4 is 17.4 Å². The number of carbonyl (C=O) groups is 1. The molecule has 1 amide bonds. The Morgan fingerprint density at radius 2 is 2.07 bits per heavy atom. The number of aliphatic hydroxyl groups is 2. The van der Waals surface area contributed by atoms with Gasteiger partial charge in [-0.3, -0.25) is 4.98 Å². The van der Waals surface area contributed by atoms with E-state index in [1.165, 1.54) is 0 Å². The van der Waals surface area contributed by atoms with E-state index in [2.05, 4.69) is 39.9 Å². The predicted octanol–water partition coefficient (Wildman–Crippen LogP) is 1.94. The molecule has 1 aromatic heterocycles. The van der Waals surface area contributed by atoms with Crippen LogP contribution >= 0.6 is 11.3 Å². The molecule has 0 spiro atoms. The molecule has 1 aliphatic heterocycles. The van der Waals surface area contributed by atoms with Crippen LogP contribution in [-0.2, 0) is 11.2 Å². The average Bonchev–Trinajstić information content (AvgIpc) is 3.33. The largest absolute Gasteiger partial charge is 0.450 e. The fraction of sp³-hybridized carbons (Fsp3) is 0.524. The quantitative estimate of drug-likeness (QED) is 0.549. The lowest BCUT2D eigenvalue weighted by Gasteiger charge is -2.31. The number of thiazole rings is 1. The van der Waals surface area contributed by atoms with Crippen molar-refractivity contribution in [3.8, 4) is 10.4 Å². The summed E-state index contributed by atoms with van der Waals surface area (Å²) in [6, 6.07) is 7.83. The van der Waals surface area contributed by atoms with Crippen LogP contribution in [0.5, 0.6) is 0 Å². The van der Waals surface area contributed by atoms with Gasteiger partial charge in [0.05, 0.1) is 35.2 Å². The van der Waals surface area contributed by atoms with Crippen LogP contribution in [0.15, 0.2) is 36.0 Å². The Labute approximate surface area is 174 Å². The number of alkyl carbamates (subject to hydrolysis) is 1. The summed E-state index contributed by atoms with van der Waals surface area (Å²) in [7, 11) is 0. The van der Waals surface area contributed by atoms with Gasteiger partial charge < -0.3 is 25.6 Å². The molecule has 1 saturated carbocycles. The van der Waals surface area contributed by atoms with Crippen molar-refractivity contribution in [1.82, 2.24) is 15.6 Å². The molecule has 4 N–H and O–H groups in total. The normalized spacial score (nSPS) is 28.7. The standard InChI is InChI=1S/C21H27N3O4S/c25-16-7-14(8-16)5-6-28-21(27)24-20-17(23-10-18(20)26)9-13-1-3-15(4-2-13)19-11-22-12-29-19/h1-4,11-12,14,16-18,20,23,25-26H,5-10H2,(H,24,27)/t14?,16?,17-,18+,20+/m1/s1. The average molecular weight is 418 g/mol. The number of aliphatic hydroxyl groups excluding tert-OH is 2. The van der Waals surface area contributed by atoms with E-state index in [-0.39, 0.29) is 12.1 Å². The zero-order valence-electron chi connectivity index (χ0n) is 16.2. The molecule has 1 saturated heterocycles. The zero-order chi connectivity index (χ0) is 20.2. The maximum Gasteiger partial charge on any atom is 0.407 e. The summed E-state index contributed by atoms with van der Waals surface area (Å²) >= 11 is 1.61. The molecule has 0 bridgehead atoms. The highest BCUT2D eigenvalue weighted by Gasteiger charge is 2.36. The minimum atomic E-state index is -0.647. The van der Waals surface area contributed by atoms with Gasteiger partial charge in [0.1, 0.15) is 0 Å². The number of hydrogen-bond donors (Lipinski definition) is 4. The fourth-order valence-electron chi connectivity index (χ4n) is 4.04. The molecular weight excluding hydrogens is 390 g/mol. The first kappa shape index (κ1) is 20.3. The lowest BCUT2D eigenvalue weighted by Crippen LogP contribution is -2.49. The van der Waals surface area contributed by atoms with Crippen LogP contribution in [0.2, 0.25) is 0 Å². The smallest absolute Gasteiger partial charge is 0.407 e. The molecule has 156 valence electrons. The van der Waals surface area contributed by atoms with E-state index in [1.54, 1.807) is 11.3 Å². The van der Waals surface area contributed by atoms with Crippen molar-refractivity contribution in [3.05, 3.63) is 41.5 Å². The maximum atomic E-state index is 12.1. The number of benzene rings is 1. The molecular formula is C21H27N3O4S. The lowest BCUT2D eigenvalue weighted by atomic mass is 9.80. The Kier molecular flexibility index (Phi) is 6.44. The highest BCUT2D eigenvalue weighted by molar-refractivity contribution is 7.13. The Bertz CT molecular complexity index is 793. The van der Waals surface area contributed by atoms with Crippen LogP contribution in [0.25, 0.3) is 10.4 Å². The number of carbonyl (C=O) groups excluding carboxylic acids is 1. The summed E-state index contributed by atoms with van der Waals surface area (Å²) in [5.74, 6) is 0.442. The Morgan fingerprint density at radius 1 is 1.28 bits per heavy atom. The summed E-state index contributed by atoms with van der Waals surface area (Å²) in [4.78, 5) is 17.4. The molecule has 0 unspecified atom stereocenters. The van der Waals surface area contributed by atoms with Gasteiger partial charge in [-0.25, -0.2) is 4.79 Å². The van der Waals surface area contributed by atoms with Crippen molar-refractivity contribution in [2.45, 2.75) is 50.0 Å². The number of nitrogens with one attached hydrogen (secondary N) is 2. The fourth-order valence-corrected chi connectivity index (χ4v) is 4.67. The second kappa shape index (κ2) is 9.21. The summed E-state index contributed by atoms with van der Waals surface area (Å²) in [5.41, 5.74) is 4.08. The van der Waals surface area contributed by atoms with Crippen LogP contribution in [-0.4, -0.2) is 58.7 Å². The van der Waals surface area contributed by atoms with Crippen LogP contribution in [0.3, 0.4) is 0 Å². The van der Waals surface area contributed by atoms with E-state index in [1.807, 2.05) is 11.7 Å². The molecule has 4 rings (SSSR count). The van der Waals surface area contributed by atoms with Gasteiger partial charge in [-0.05, 0) is 42.7 Å². The number of nitrogens with zero attached hydrogens (tertiary/aromatic N) is 1. The predicted molar refractivity (Wildman–Crippen MR) is 111 cm³/mol. The van der Waals surface area contributed by atoms with E-state index in [4.69, 9.17) is 4.74 Å². The van der Waals surface area contributed by atoms with Crippen LogP contribution in [0.4, 0.5) is 4.79 Å². The van der Waals surface area contributed by atoms with Crippen molar-refractivity contribution in [2.75, 3.05) is 13.2 Å². The third kappa shape index (κ3) is 5.14. The monoisotopic (exact) mass is 417 g/mol. The molecule has 1 aliphatic carbocycles. The summed E-state index contributed by atoms with van der Waals surface area (Å²) in [6.07, 6.45) is 3.57. The second-order valence-electron chi connectivity index (χ2n) is 7.93. The number of rotatable bonds is 7. The highest BCUT2D eigenvalue weighted by atomic mass is 32.1. The van der Waals surface area contributed by atoms with E-state index in [9.17, 15) is 15.0 Å². The minimum Gasteiger partial charge on any atom is -0.450 e. The van der Waals surface area contributed by atoms with E-state index < -0.39 is 18.2 Å². The zero-order valence-corrected chi connectivity index (χ0v) is 17.0. The Hall–Kier alpha value is -2.00.